The van der Waals surface area contributed by atoms with Crippen molar-refractivity contribution >= 4 is 16.8 Å². The number of hydrogen-bond donors (Lipinski definition) is 2. The fraction of sp³-hybridized carbons (Fsp3) is 0.176. The van der Waals surface area contributed by atoms with Crippen LogP contribution in [0.2, 0.25) is 0 Å². The minimum atomic E-state index is -0.295. The van der Waals surface area contributed by atoms with Crippen molar-refractivity contribution in [1.82, 2.24) is 15.3 Å². The molecule has 0 spiro atoms. The molecule has 0 fully saturated rings. The fourth-order valence-corrected chi connectivity index (χ4v) is 2.43. The summed E-state index contributed by atoms with van der Waals surface area (Å²) in [5.41, 5.74) is 3.30. The maximum atomic E-state index is 13.1. The number of halogens is 1. The first-order chi connectivity index (χ1) is 10.6. The highest BCUT2D eigenvalue weighted by Crippen LogP contribution is 2.19. The Labute approximate surface area is 127 Å². The molecule has 0 unspecified atom stereocenters. The van der Waals surface area contributed by atoms with Crippen molar-refractivity contribution in [3.63, 3.8) is 0 Å². The molecule has 2 heterocycles. The summed E-state index contributed by atoms with van der Waals surface area (Å²) in [5.74, 6) is -0.385. The second-order valence-electron chi connectivity index (χ2n) is 5.23. The Balaban J connectivity index is 1.66. The van der Waals surface area contributed by atoms with Crippen LogP contribution in [0, 0.1) is 12.7 Å². The smallest absolute Gasteiger partial charge is 0.224 e. The van der Waals surface area contributed by atoms with Crippen LogP contribution >= 0.6 is 0 Å². The molecule has 1 aromatic carbocycles. The number of rotatable bonds is 4. The molecular formula is C17H16FN3O. The maximum absolute atomic E-state index is 13.1. The summed E-state index contributed by atoms with van der Waals surface area (Å²) >= 11 is 0. The molecule has 0 saturated heterocycles. The van der Waals surface area contributed by atoms with Crippen LogP contribution in [0.5, 0.6) is 0 Å². The van der Waals surface area contributed by atoms with E-state index in [0.717, 1.165) is 22.3 Å². The van der Waals surface area contributed by atoms with Gasteiger partial charge in [-0.15, -0.1) is 0 Å². The lowest BCUT2D eigenvalue weighted by atomic mass is 10.1. The van der Waals surface area contributed by atoms with E-state index < -0.39 is 0 Å². The standard InChI is InChI=1S/C17H16FN3O/c1-11-3-2-4-14(21-11)10-20-17(22)7-12-9-19-16-8-13(18)5-6-15(12)16/h2-6,8-9,19H,7,10H2,1H3,(H,20,22). The number of nitrogens with one attached hydrogen (secondary N) is 2. The molecule has 112 valence electrons. The molecule has 2 aromatic heterocycles. The molecule has 0 radical (unpaired) electrons. The zero-order chi connectivity index (χ0) is 15.5. The van der Waals surface area contributed by atoms with Gasteiger partial charge in [0, 0.05) is 22.8 Å². The number of benzene rings is 1. The number of hydrogen-bond acceptors (Lipinski definition) is 2. The van der Waals surface area contributed by atoms with Crippen LogP contribution < -0.4 is 5.32 Å². The van der Waals surface area contributed by atoms with Gasteiger partial charge in [0.15, 0.2) is 0 Å². The van der Waals surface area contributed by atoms with E-state index in [1.807, 2.05) is 25.1 Å². The van der Waals surface area contributed by atoms with Crippen LogP contribution in [0.25, 0.3) is 10.9 Å². The van der Waals surface area contributed by atoms with Gasteiger partial charge in [-0.3, -0.25) is 9.78 Å². The molecule has 0 aliphatic carbocycles. The molecule has 0 aliphatic heterocycles. The molecular weight excluding hydrogens is 281 g/mol. The molecule has 5 heteroatoms. The largest absolute Gasteiger partial charge is 0.361 e. The normalized spacial score (nSPS) is 10.8. The van der Waals surface area contributed by atoms with Crippen LogP contribution in [0.3, 0.4) is 0 Å². The third-order valence-corrected chi connectivity index (χ3v) is 3.49. The van der Waals surface area contributed by atoms with Crippen molar-refractivity contribution < 1.29 is 9.18 Å². The number of amides is 1. The predicted molar refractivity (Wildman–Crippen MR) is 82.8 cm³/mol. The molecule has 0 aliphatic rings. The van der Waals surface area contributed by atoms with E-state index in [2.05, 4.69) is 15.3 Å². The molecule has 0 atom stereocenters. The Kier molecular flexibility index (Phi) is 3.87. The van der Waals surface area contributed by atoms with Gasteiger partial charge in [-0.2, -0.15) is 0 Å². The van der Waals surface area contributed by atoms with Crippen molar-refractivity contribution in [2.45, 2.75) is 19.9 Å². The number of carbonyl (C=O) groups excluding carboxylic acids is 1. The van der Waals surface area contributed by atoms with Gasteiger partial charge < -0.3 is 10.3 Å². The second kappa shape index (κ2) is 5.97. The van der Waals surface area contributed by atoms with Crippen molar-refractivity contribution in [2.24, 2.45) is 0 Å². The minimum absolute atomic E-state index is 0.0893. The predicted octanol–water partition coefficient (Wildman–Crippen LogP) is 2.87. The summed E-state index contributed by atoms with van der Waals surface area (Å²) in [4.78, 5) is 19.4. The van der Waals surface area contributed by atoms with E-state index in [1.54, 1.807) is 12.3 Å². The minimum Gasteiger partial charge on any atom is -0.361 e. The van der Waals surface area contributed by atoms with E-state index in [4.69, 9.17) is 0 Å². The topological polar surface area (TPSA) is 57.8 Å². The average molecular weight is 297 g/mol. The number of H-pyrrole nitrogens is 1. The summed E-state index contributed by atoms with van der Waals surface area (Å²) in [6.07, 6.45) is 1.99. The Bertz CT molecular complexity index is 826. The molecule has 0 bridgehead atoms. The van der Waals surface area contributed by atoms with Gasteiger partial charge in [0.25, 0.3) is 0 Å². The molecule has 0 saturated carbocycles. The summed E-state index contributed by atoms with van der Waals surface area (Å²) in [5, 5.41) is 3.72. The molecule has 3 rings (SSSR count). The summed E-state index contributed by atoms with van der Waals surface area (Å²) in [6.45, 7) is 2.31. The number of aryl methyl sites for hydroxylation is 1. The van der Waals surface area contributed by atoms with Gasteiger partial charge in [-0.1, -0.05) is 6.07 Å². The summed E-state index contributed by atoms with van der Waals surface area (Å²) in [7, 11) is 0. The lowest BCUT2D eigenvalue weighted by Crippen LogP contribution is -2.25. The van der Waals surface area contributed by atoms with Gasteiger partial charge in [-0.05, 0) is 42.8 Å². The first-order valence-corrected chi connectivity index (χ1v) is 7.06. The Morgan fingerprint density at radius 1 is 1.32 bits per heavy atom. The van der Waals surface area contributed by atoms with E-state index in [0.29, 0.717) is 12.1 Å². The number of nitrogens with zero attached hydrogens (tertiary/aromatic N) is 1. The van der Waals surface area contributed by atoms with Crippen LogP contribution in [0.4, 0.5) is 4.39 Å². The zero-order valence-electron chi connectivity index (χ0n) is 12.2. The van der Waals surface area contributed by atoms with Crippen molar-refractivity contribution in [3.8, 4) is 0 Å². The molecule has 3 aromatic rings. The Hall–Kier alpha value is -2.69. The first-order valence-electron chi connectivity index (χ1n) is 7.06. The second-order valence-corrected chi connectivity index (χ2v) is 5.23. The van der Waals surface area contributed by atoms with Crippen molar-refractivity contribution in [1.29, 1.82) is 0 Å². The highest BCUT2D eigenvalue weighted by molar-refractivity contribution is 5.88. The van der Waals surface area contributed by atoms with Crippen molar-refractivity contribution in [2.75, 3.05) is 0 Å². The summed E-state index contributed by atoms with van der Waals surface area (Å²) < 4.78 is 13.1. The zero-order valence-corrected chi connectivity index (χ0v) is 12.2. The highest BCUT2D eigenvalue weighted by Gasteiger charge is 2.09. The third kappa shape index (κ3) is 3.14. The monoisotopic (exact) mass is 297 g/mol. The van der Waals surface area contributed by atoms with E-state index >= 15 is 0 Å². The van der Waals surface area contributed by atoms with Gasteiger partial charge >= 0.3 is 0 Å². The quantitative estimate of drug-likeness (QED) is 0.778. The maximum Gasteiger partial charge on any atom is 0.224 e. The van der Waals surface area contributed by atoms with Gasteiger partial charge in [-0.25, -0.2) is 4.39 Å². The lowest BCUT2D eigenvalue weighted by Gasteiger charge is -2.05. The van der Waals surface area contributed by atoms with E-state index in [-0.39, 0.29) is 18.1 Å². The molecule has 4 nitrogen and oxygen atoms in total. The SMILES string of the molecule is Cc1cccc(CNC(=O)Cc2c[nH]c3cc(F)ccc23)n1. The van der Waals surface area contributed by atoms with Crippen LogP contribution in [-0.4, -0.2) is 15.9 Å². The molecule has 2 N–H and O–H groups in total. The highest BCUT2D eigenvalue weighted by atomic mass is 19.1. The van der Waals surface area contributed by atoms with Crippen LogP contribution in [0.15, 0.2) is 42.6 Å². The average Bonchev–Trinajstić information content (AvgIpc) is 2.87. The summed E-state index contributed by atoms with van der Waals surface area (Å²) in [6, 6.07) is 10.2. The van der Waals surface area contributed by atoms with Gasteiger partial charge in [0.1, 0.15) is 5.82 Å². The third-order valence-electron chi connectivity index (χ3n) is 3.49. The van der Waals surface area contributed by atoms with Crippen LogP contribution in [0.1, 0.15) is 17.0 Å². The fourth-order valence-electron chi connectivity index (χ4n) is 2.43. The first kappa shape index (κ1) is 14.3. The van der Waals surface area contributed by atoms with Gasteiger partial charge in [0.2, 0.25) is 5.91 Å². The van der Waals surface area contributed by atoms with E-state index in [9.17, 15) is 9.18 Å². The van der Waals surface area contributed by atoms with Crippen molar-refractivity contribution in [3.05, 3.63) is 65.4 Å². The Morgan fingerprint density at radius 2 is 2.18 bits per heavy atom. The Morgan fingerprint density at radius 3 is 3.00 bits per heavy atom. The number of carbonyl (C=O) groups is 1. The van der Waals surface area contributed by atoms with Crippen LogP contribution in [-0.2, 0) is 17.8 Å². The van der Waals surface area contributed by atoms with E-state index in [1.165, 1.54) is 12.1 Å². The lowest BCUT2D eigenvalue weighted by molar-refractivity contribution is -0.120. The van der Waals surface area contributed by atoms with Gasteiger partial charge in [0.05, 0.1) is 18.7 Å². The number of fused-ring (bicyclic) bond motifs is 1. The number of aromatic amines is 1. The molecule has 1 amide bonds. The number of aromatic nitrogens is 2. The number of pyridine rings is 1. The molecule has 22 heavy (non-hydrogen) atoms.